The number of fused-ring (bicyclic) bond motifs is 1. The molecule has 4 unspecified atom stereocenters. The summed E-state index contributed by atoms with van der Waals surface area (Å²) in [6.45, 7) is 0. The van der Waals surface area contributed by atoms with Crippen LogP contribution in [0.25, 0.3) is 10.9 Å². The molecule has 8 nitrogen and oxygen atoms in total. The molecule has 3 N–H and O–H groups in total. The van der Waals surface area contributed by atoms with Crippen molar-refractivity contribution in [2.75, 3.05) is 7.11 Å². The highest BCUT2D eigenvalue weighted by Crippen LogP contribution is 2.52. The molecule has 2 heterocycles. The maximum atomic E-state index is 13.7. The first kappa shape index (κ1) is 25.5. The van der Waals surface area contributed by atoms with Crippen LogP contribution < -0.4 is 15.4 Å². The summed E-state index contributed by atoms with van der Waals surface area (Å²) in [6, 6.07) is 5.87. The number of aromatic nitrogens is 1. The van der Waals surface area contributed by atoms with Gasteiger partial charge in [-0.1, -0.05) is 11.6 Å². The zero-order chi connectivity index (χ0) is 26.5. The minimum atomic E-state index is -2.86. The number of amides is 2. The number of hydrogen-bond acceptors (Lipinski definition) is 5. The van der Waals surface area contributed by atoms with Gasteiger partial charge in [-0.15, -0.1) is 0 Å². The largest absolute Gasteiger partial charge is 0.496 e. The highest BCUT2D eigenvalue weighted by molar-refractivity contribution is 6.31. The number of alkyl halides is 2. The Bertz CT molecular complexity index is 1320. The van der Waals surface area contributed by atoms with E-state index in [0.29, 0.717) is 28.1 Å². The lowest BCUT2D eigenvalue weighted by molar-refractivity contribution is -0.127. The van der Waals surface area contributed by atoms with Crippen molar-refractivity contribution in [3.63, 3.8) is 0 Å². The Morgan fingerprint density at radius 1 is 1.27 bits per heavy atom. The molecule has 3 aliphatic rings. The second-order valence-corrected chi connectivity index (χ2v) is 11.0. The Balaban J connectivity index is 1.29. The monoisotopic (exact) mass is 532 g/mol. The fourth-order valence-electron chi connectivity index (χ4n) is 5.34. The first-order valence-corrected chi connectivity index (χ1v) is 12.7. The number of rotatable bonds is 10. The lowest BCUT2D eigenvalue weighted by Crippen LogP contribution is -2.41. The molecule has 1 saturated heterocycles. The molecule has 3 fully saturated rings. The Kier molecular flexibility index (Phi) is 6.39. The molecule has 11 heteroatoms. The molecule has 2 aliphatic carbocycles. The molecule has 1 aromatic heterocycles. The third-order valence-corrected chi connectivity index (χ3v) is 7.97. The van der Waals surface area contributed by atoms with Gasteiger partial charge < -0.3 is 20.4 Å². The van der Waals surface area contributed by atoms with Gasteiger partial charge in [-0.2, -0.15) is 5.26 Å². The van der Waals surface area contributed by atoms with Gasteiger partial charge >= 0.3 is 0 Å². The van der Waals surface area contributed by atoms with E-state index in [-0.39, 0.29) is 42.8 Å². The number of carbonyl (C=O) groups is 3. The number of Topliss-reactive ketones (excluding diaryl/α,β-unsaturated/α-hetero) is 1. The van der Waals surface area contributed by atoms with E-state index in [2.05, 4.69) is 15.6 Å². The molecular weight excluding hydrogens is 506 g/mol. The summed E-state index contributed by atoms with van der Waals surface area (Å²) < 4.78 is 32.7. The summed E-state index contributed by atoms with van der Waals surface area (Å²) in [6.07, 6.45) is 1.74. The Morgan fingerprint density at radius 2 is 2.00 bits per heavy atom. The molecule has 0 bridgehead atoms. The van der Waals surface area contributed by atoms with Gasteiger partial charge in [0.1, 0.15) is 11.8 Å². The number of ketones is 1. The van der Waals surface area contributed by atoms with Gasteiger partial charge in [-0.25, -0.2) is 8.78 Å². The average Bonchev–Trinajstić information content (AvgIpc) is 3.61. The highest BCUT2D eigenvalue weighted by Gasteiger charge is 2.57. The van der Waals surface area contributed by atoms with Crippen molar-refractivity contribution < 1.29 is 27.9 Å². The third kappa shape index (κ3) is 5.28. The van der Waals surface area contributed by atoms with Crippen molar-refractivity contribution in [1.82, 2.24) is 15.6 Å². The first-order chi connectivity index (χ1) is 17.5. The van der Waals surface area contributed by atoms with Crippen LogP contribution >= 0.6 is 11.6 Å². The molecule has 2 aromatic rings. The third-order valence-electron chi connectivity index (χ3n) is 7.75. The van der Waals surface area contributed by atoms with Gasteiger partial charge in [-0.05, 0) is 50.3 Å². The molecule has 0 radical (unpaired) electrons. The smallest absolute Gasteiger partial charge is 0.251 e. The number of methoxy groups -OCH3 is 1. The van der Waals surface area contributed by atoms with E-state index in [1.54, 1.807) is 18.2 Å². The normalized spacial score (nSPS) is 24.2. The molecule has 4 atom stereocenters. The second kappa shape index (κ2) is 9.28. The molecule has 1 aromatic carbocycles. The Labute approximate surface area is 217 Å². The lowest BCUT2D eigenvalue weighted by Gasteiger charge is -2.20. The molecule has 1 spiro atoms. The minimum Gasteiger partial charge on any atom is -0.496 e. The molecule has 196 valence electrons. The zero-order valence-corrected chi connectivity index (χ0v) is 21.0. The number of nitrogens with one attached hydrogen (secondary N) is 3. The van der Waals surface area contributed by atoms with E-state index in [4.69, 9.17) is 16.3 Å². The molecule has 37 heavy (non-hydrogen) atoms. The minimum absolute atomic E-state index is 0.134. The Hall–Kier alpha value is -3.19. The van der Waals surface area contributed by atoms with Gasteiger partial charge in [0.15, 0.2) is 5.78 Å². The number of hydrogen-bond donors (Lipinski definition) is 3. The van der Waals surface area contributed by atoms with Gasteiger partial charge in [0.2, 0.25) is 11.8 Å². The molecule has 1 aliphatic heterocycles. The van der Waals surface area contributed by atoms with Crippen LogP contribution in [-0.4, -0.2) is 47.2 Å². The zero-order valence-electron chi connectivity index (χ0n) is 20.2. The maximum Gasteiger partial charge on any atom is 0.251 e. The van der Waals surface area contributed by atoms with Crippen molar-refractivity contribution in [3.05, 3.63) is 28.9 Å². The standard InChI is InChI=1S/C26H27ClF2N4O4/c1-37-22-8-16(27)7-19-18(22)9-20(32-19)21(34)6-13(4-15-11-26(15,28)29)23(35)31-17(12-30)5-14-10-25(2-3-25)33-24(14)36/h7-9,13-15,17,32H,2-6,10-11H2,1H3,(H,31,35)(H,33,36). The molecule has 5 rings (SSSR count). The van der Waals surface area contributed by atoms with E-state index < -0.39 is 41.4 Å². The quantitative estimate of drug-likeness (QED) is 0.397. The summed E-state index contributed by atoms with van der Waals surface area (Å²) in [5, 5.41) is 16.2. The summed E-state index contributed by atoms with van der Waals surface area (Å²) in [4.78, 5) is 41.6. The fraction of sp³-hybridized carbons (Fsp3) is 0.538. The lowest BCUT2D eigenvalue weighted by atomic mass is 9.92. The number of ether oxygens (including phenoxy) is 1. The Morgan fingerprint density at radius 3 is 2.59 bits per heavy atom. The van der Waals surface area contributed by atoms with Crippen LogP contribution in [-0.2, 0) is 9.59 Å². The SMILES string of the molecule is COc1cc(Cl)cc2[nH]c(C(=O)CC(CC3CC3(F)F)C(=O)NC(C#N)CC3CC4(CC4)NC3=O)cc12. The van der Waals surface area contributed by atoms with Gasteiger partial charge in [0.25, 0.3) is 5.92 Å². The first-order valence-electron chi connectivity index (χ1n) is 12.3. The maximum absolute atomic E-state index is 13.7. The number of H-pyrrole nitrogens is 1. The topological polar surface area (TPSA) is 124 Å². The van der Waals surface area contributed by atoms with Gasteiger partial charge in [0, 0.05) is 46.5 Å². The molecular formula is C26H27ClF2N4O4. The van der Waals surface area contributed by atoms with Crippen molar-refractivity contribution in [1.29, 1.82) is 5.26 Å². The number of benzene rings is 1. The molecule has 2 saturated carbocycles. The van der Waals surface area contributed by atoms with Crippen molar-refractivity contribution in [2.45, 2.75) is 62.4 Å². The predicted octanol–water partition coefficient (Wildman–Crippen LogP) is 4.13. The number of nitriles is 1. The number of carbonyl (C=O) groups excluding carboxylic acids is 3. The highest BCUT2D eigenvalue weighted by atomic mass is 35.5. The second-order valence-electron chi connectivity index (χ2n) is 10.6. The van der Waals surface area contributed by atoms with Crippen LogP contribution in [0.2, 0.25) is 5.02 Å². The van der Waals surface area contributed by atoms with Gasteiger partial charge in [0.05, 0.1) is 24.4 Å². The van der Waals surface area contributed by atoms with Crippen LogP contribution in [0.15, 0.2) is 18.2 Å². The van der Waals surface area contributed by atoms with Crippen molar-refractivity contribution in [2.24, 2.45) is 17.8 Å². The van der Waals surface area contributed by atoms with E-state index in [1.165, 1.54) is 7.11 Å². The summed E-state index contributed by atoms with van der Waals surface area (Å²) in [5.41, 5.74) is 0.602. The van der Waals surface area contributed by atoms with Crippen LogP contribution in [0.1, 0.15) is 55.4 Å². The van der Waals surface area contributed by atoms with Gasteiger partial charge in [-0.3, -0.25) is 14.4 Å². The van der Waals surface area contributed by atoms with E-state index >= 15 is 0 Å². The van der Waals surface area contributed by atoms with E-state index in [0.717, 1.165) is 12.8 Å². The average molecular weight is 533 g/mol. The summed E-state index contributed by atoms with van der Waals surface area (Å²) in [7, 11) is 1.47. The van der Waals surface area contributed by atoms with E-state index in [9.17, 15) is 28.4 Å². The van der Waals surface area contributed by atoms with Crippen LogP contribution in [0.4, 0.5) is 8.78 Å². The summed E-state index contributed by atoms with van der Waals surface area (Å²) in [5.74, 6) is -6.04. The van der Waals surface area contributed by atoms with Crippen LogP contribution in [0.3, 0.4) is 0 Å². The number of halogens is 3. The predicted molar refractivity (Wildman–Crippen MR) is 130 cm³/mol. The van der Waals surface area contributed by atoms with Crippen molar-refractivity contribution in [3.8, 4) is 11.8 Å². The van der Waals surface area contributed by atoms with Crippen molar-refractivity contribution >= 4 is 40.1 Å². The number of nitrogens with zero attached hydrogens (tertiary/aromatic N) is 1. The summed E-state index contributed by atoms with van der Waals surface area (Å²) >= 11 is 6.10. The number of aromatic amines is 1. The van der Waals surface area contributed by atoms with Crippen LogP contribution in [0, 0.1) is 29.1 Å². The van der Waals surface area contributed by atoms with E-state index in [1.807, 2.05) is 6.07 Å². The fourth-order valence-corrected chi connectivity index (χ4v) is 5.55. The molecule has 2 amide bonds. The van der Waals surface area contributed by atoms with Crippen LogP contribution in [0.5, 0.6) is 5.75 Å².